The van der Waals surface area contributed by atoms with E-state index in [1.165, 1.54) is 27.3 Å². The van der Waals surface area contributed by atoms with Crippen LogP contribution in [-0.4, -0.2) is 46.7 Å². The molecule has 9 nitrogen and oxygen atoms in total. The summed E-state index contributed by atoms with van der Waals surface area (Å²) in [6.45, 7) is 0. The lowest BCUT2D eigenvalue weighted by Gasteiger charge is -2.10. The van der Waals surface area contributed by atoms with Crippen LogP contribution >= 0.6 is 12.2 Å². The van der Waals surface area contributed by atoms with Crippen LogP contribution in [0.4, 0.5) is 0 Å². The van der Waals surface area contributed by atoms with E-state index in [0.717, 1.165) is 4.57 Å². The highest BCUT2D eigenvalue weighted by Gasteiger charge is 2.14. The molecule has 0 atom stereocenters. The van der Waals surface area contributed by atoms with Gasteiger partial charge in [0.05, 0.1) is 31.2 Å². The van der Waals surface area contributed by atoms with Crippen LogP contribution in [-0.2, 0) is 0 Å². The second kappa shape index (κ2) is 6.92. The summed E-state index contributed by atoms with van der Waals surface area (Å²) in [5.74, 6) is 0.201. The maximum atomic E-state index is 12.9. The van der Waals surface area contributed by atoms with Gasteiger partial charge >= 0.3 is 0 Å². The third kappa shape index (κ3) is 3.02. The van der Waals surface area contributed by atoms with Crippen LogP contribution in [0.3, 0.4) is 0 Å². The van der Waals surface area contributed by atoms with Crippen LogP contribution in [0.1, 0.15) is 10.4 Å². The Hall–Kier alpha value is -3.27. The lowest BCUT2D eigenvalue weighted by Crippen LogP contribution is -2.23. The van der Waals surface area contributed by atoms with Crippen molar-refractivity contribution in [3.05, 3.63) is 45.0 Å². The van der Waals surface area contributed by atoms with Gasteiger partial charge in [0.2, 0.25) is 17.7 Å². The molecule has 3 rings (SSSR count). The number of benzene rings is 1. The third-order valence-corrected chi connectivity index (χ3v) is 3.96. The van der Waals surface area contributed by atoms with Gasteiger partial charge in [-0.3, -0.25) is 9.59 Å². The molecular weight excluding hydrogens is 358 g/mol. The molecular formula is C16H15N5O4S. The molecule has 134 valence electrons. The van der Waals surface area contributed by atoms with E-state index < -0.39 is 5.56 Å². The maximum absolute atomic E-state index is 12.9. The van der Waals surface area contributed by atoms with E-state index in [-0.39, 0.29) is 28.4 Å². The predicted octanol–water partition coefficient (Wildman–Crippen LogP) is 1.22. The summed E-state index contributed by atoms with van der Waals surface area (Å²) >= 11 is 5.29. The Morgan fingerprint density at radius 2 is 1.85 bits per heavy atom. The number of carbonyl (C=O) groups is 1. The molecule has 0 bridgehead atoms. The van der Waals surface area contributed by atoms with Gasteiger partial charge in [-0.2, -0.15) is 9.97 Å². The number of fused-ring (bicyclic) bond motifs is 1. The van der Waals surface area contributed by atoms with Crippen LogP contribution in [0.15, 0.2) is 29.1 Å². The van der Waals surface area contributed by atoms with Crippen molar-refractivity contribution >= 4 is 29.0 Å². The second-order valence-electron chi connectivity index (χ2n) is 5.16. The summed E-state index contributed by atoms with van der Waals surface area (Å²) in [6, 6.07) is 6.14. The summed E-state index contributed by atoms with van der Waals surface area (Å²) in [4.78, 5) is 35.9. The Kier molecular flexibility index (Phi) is 4.67. The van der Waals surface area contributed by atoms with Crippen molar-refractivity contribution in [3.63, 3.8) is 0 Å². The number of H-pyrrole nitrogens is 1. The zero-order valence-electron chi connectivity index (χ0n) is 14.2. The number of hydrogen-bond donors (Lipinski definition) is 2. The highest BCUT2D eigenvalue weighted by atomic mass is 32.1. The zero-order valence-corrected chi connectivity index (χ0v) is 15.0. The molecule has 2 aromatic heterocycles. The van der Waals surface area contributed by atoms with Crippen molar-refractivity contribution in [3.8, 4) is 17.7 Å². The number of hydrogen-bond acceptors (Lipinski definition) is 7. The van der Waals surface area contributed by atoms with Gasteiger partial charge < -0.3 is 19.8 Å². The largest absolute Gasteiger partial charge is 0.481 e. The van der Waals surface area contributed by atoms with Gasteiger partial charge in [0.1, 0.15) is 0 Å². The first-order valence-electron chi connectivity index (χ1n) is 7.47. The fourth-order valence-electron chi connectivity index (χ4n) is 2.39. The first-order valence-corrected chi connectivity index (χ1v) is 7.88. The van der Waals surface area contributed by atoms with Crippen LogP contribution in [0.25, 0.3) is 16.9 Å². The van der Waals surface area contributed by atoms with E-state index in [0.29, 0.717) is 16.5 Å². The zero-order chi connectivity index (χ0) is 18.8. The lowest BCUT2D eigenvalue weighted by molar-refractivity contribution is 0.0963. The molecule has 0 radical (unpaired) electrons. The molecule has 0 saturated heterocycles. The predicted molar refractivity (Wildman–Crippen MR) is 96.8 cm³/mol. The topological polar surface area (TPSA) is 111 Å². The van der Waals surface area contributed by atoms with Crippen molar-refractivity contribution in [2.24, 2.45) is 0 Å². The molecule has 0 aliphatic carbocycles. The maximum Gasteiger partial charge on any atom is 0.269 e. The number of aromatic nitrogens is 4. The van der Waals surface area contributed by atoms with Gasteiger partial charge in [0.25, 0.3) is 11.5 Å². The van der Waals surface area contributed by atoms with Gasteiger partial charge in [-0.25, -0.2) is 4.57 Å². The monoisotopic (exact) mass is 373 g/mol. The number of aromatic amines is 1. The molecule has 1 aromatic carbocycles. The summed E-state index contributed by atoms with van der Waals surface area (Å²) < 4.78 is 11.4. The van der Waals surface area contributed by atoms with Crippen LogP contribution in [0.2, 0.25) is 0 Å². The van der Waals surface area contributed by atoms with Crippen molar-refractivity contribution in [2.45, 2.75) is 0 Å². The molecule has 0 aliphatic heterocycles. The lowest BCUT2D eigenvalue weighted by atomic mass is 10.1. The van der Waals surface area contributed by atoms with Gasteiger partial charge in [0.15, 0.2) is 4.77 Å². The number of ether oxygens (including phenoxy) is 2. The highest BCUT2D eigenvalue weighted by molar-refractivity contribution is 7.71. The van der Waals surface area contributed by atoms with Gasteiger partial charge in [0, 0.05) is 12.6 Å². The number of amides is 1. The quantitative estimate of drug-likeness (QED) is 0.661. The molecule has 10 heteroatoms. The Bertz CT molecular complexity index is 1100. The van der Waals surface area contributed by atoms with E-state index in [9.17, 15) is 9.59 Å². The Balaban J connectivity index is 2.27. The second-order valence-corrected chi connectivity index (χ2v) is 5.55. The highest BCUT2D eigenvalue weighted by Crippen LogP contribution is 2.17. The standard InChI is InChI=1S/C16H15N5O4S/c1-17-13(22)8-4-5-9-10(6-8)18-16(26)21(14(9)23)15-19-11(24-2)7-12(20-15)25-3/h4-7H,1-3H3,(H,17,22)(H,18,26). The van der Waals surface area contributed by atoms with Crippen molar-refractivity contribution in [1.29, 1.82) is 0 Å². The van der Waals surface area contributed by atoms with Crippen molar-refractivity contribution in [1.82, 2.24) is 24.8 Å². The van der Waals surface area contributed by atoms with Crippen molar-refractivity contribution in [2.75, 3.05) is 21.3 Å². The number of carbonyl (C=O) groups excluding carboxylic acids is 1. The molecule has 0 saturated carbocycles. The van der Waals surface area contributed by atoms with Gasteiger partial charge in [-0.1, -0.05) is 0 Å². The molecule has 0 unspecified atom stereocenters. The number of nitrogens with zero attached hydrogens (tertiary/aromatic N) is 3. The minimum atomic E-state index is -0.428. The Morgan fingerprint density at radius 1 is 1.19 bits per heavy atom. The summed E-state index contributed by atoms with van der Waals surface area (Å²) in [7, 11) is 4.41. The molecule has 2 heterocycles. The van der Waals surface area contributed by atoms with Crippen LogP contribution < -0.4 is 20.3 Å². The average Bonchev–Trinajstić information content (AvgIpc) is 2.66. The molecule has 0 fully saturated rings. The van der Waals surface area contributed by atoms with Crippen molar-refractivity contribution < 1.29 is 14.3 Å². The van der Waals surface area contributed by atoms with Crippen LogP contribution in [0, 0.1) is 4.77 Å². The van der Waals surface area contributed by atoms with E-state index in [1.807, 2.05) is 0 Å². The summed E-state index contributed by atoms with van der Waals surface area (Å²) in [5, 5.41) is 2.86. The van der Waals surface area contributed by atoms with Gasteiger partial charge in [-0.05, 0) is 30.4 Å². The third-order valence-electron chi connectivity index (χ3n) is 3.67. The minimum absolute atomic E-state index is 0.0183. The van der Waals surface area contributed by atoms with Crippen LogP contribution in [0.5, 0.6) is 11.8 Å². The SMILES string of the molecule is CNC(=O)c1ccc2c(=O)n(-c3nc(OC)cc(OC)n3)c(=S)[nH]c2c1. The first kappa shape index (κ1) is 17.5. The van der Waals surface area contributed by atoms with Gasteiger partial charge in [-0.15, -0.1) is 0 Å². The molecule has 0 spiro atoms. The van der Waals surface area contributed by atoms with E-state index in [1.54, 1.807) is 18.2 Å². The average molecular weight is 373 g/mol. The fraction of sp³-hybridized carbons (Fsp3) is 0.188. The molecule has 0 aliphatic rings. The Morgan fingerprint density at radius 3 is 2.42 bits per heavy atom. The molecule has 3 aromatic rings. The smallest absolute Gasteiger partial charge is 0.269 e. The number of rotatable bonds is 4. The Labute approximate surface area is 152 Å². The van der Waals surface area contributed by atoms with E-state index in [4.69, 9.17) is 21.7 Å². The number of nitrogens with one attached hydrogen (secondary N) is 2. The van der Waals surface area contributed by atoms with E-state index in [2.05, 4.69) is 20.3 Å². The summed E-state index contributed by atoms with van der Waals surface area (Å²) in [5.41, 5.74) is 0.414. The normalized spacial score (nSPS) is 10.6. The molecule has 26 heavy (non-hydrogen) atoms. The summed E-state index contributed by atoms with van der Waals surface area (Å²) in [6.07, 6.45) is 0. The molecule has 1 amide bonds. The minimum Gasteiger partial charge on any atom is -0.481 e. The first-order chi connectivity index (χ1) is 12.5. The molecule has 2 N–H and O–H groups in total. The van der Waals surface area contributed by atoms with E-state index >= 15 is 0 Å². The number of methoxy groups -OCH3 is 2. The fourth-order valence-corrected chi connectivity index (χ4v) is 2.66.